The highest BCUT2D eigenvalue weighted by Gasteiger charge is 2.29. The highest BCUT2D eigenvalue weighted by Crippen LogP contribution is 2.22. The second kappa shape index (κ2) is 5.15. The van der Waals surface area contributed by atoms with Gasteiger partial charge in [0.25, 0.3) is 0 Å². The molecule has 0 bridgehead atoms. The van der Waals surface area contributed by atoms with Crippen LogP contribution < -0.4 is 0 Å². The molecule has 0 aromatic heterocycles. The number of aliphatic hydroxyl groups excluding tert-OH is 1. The summed E-state index contributed by atoms with van der Waals surface area (Å²) in [5.41, 5.74) is 3.03. The highest BCUT2D eigenvalue weighted by molar-refractivity contribution is 6.83. The van der Waals surface area contributed by atoms with Crippen molar-refractivity contribution in [1.29, 1.82) is 0 Å². The Bertz CT molecular complexity index is 250. The minimum Gasteiger partial charge on any atom is -0.389 e. The summed E-state index contributed by atoms with van der Waals surface area (Å²) in [6, 6.07) is 0. The maximum absolute atomic E-state index is 10.0. The molecule has 0 spiro atoms. The normalized spacial score (nSPS) is 16.5. The van der Waals surface area contributed by atoms with Crippen molar-refractivity contribution in [2.45, 2.75) is 52.6 Å². The SMILES string of the molecule is CO[C@H](C#C[Si](C)(C)C)[C@H](O)C(C)(C)C. The number of hydrogen-bond donors (Lipinski definition) is 1. The van der Waals surface area contributed by atoms with E-state index in [1.54, 1.807) is 7.11 Å². The van der Waals surface area contributed by atoms with Gasteiger partial charge >= 0.3 is 0 Å². The van der Waals surface area contributed by atoms with Gasteiger partial charge in [-0.25, -0.2) is 0 Å². The van der Waals surface area contributed by atoms with Crippen LogP contribution in [0.15, 0.2) is 0 Å². The van der Waals surface area contributed by atoms with Crippen molar-refractivity contribution >= 4 is 8.07 Å². The van der Waals surface area contributed by atoms with E-state index in [0.717, 1.165) is 0 Å². The van der Waals surface area contributed by atoms with Gasteiger partial charge in [0.15, 0.2) is 0 Å². The largest absolute Gasteiger partial charge is 0.389 e. The molecule has 0 rings (SSSR count). The van der Waals surface area contributed by atoms with Crippen LogP contribution in [0, 0.1) is 16.9 Å². The van der Waals surface area contributed by atoms with E-state index < -0.39 is 14.2 Å². The summed E-state index contributed by atoms with van der Waals surface area (Å²) in [7, 11) is 0.202. The first kappa shape index (κ1) is 14.7. The average molecular weight is 228 g/mol. The van der Waals surface area contributed by atoms with Gasteiger partial charge in [0, 0.05) is 7.11 Å². The van der Waals surface area contributed by atoms with Crippen LogP contribution in [-0.2, 0) is 4.74 Å². The molecule has 0 aliphatic heterocycles. The van der Waals surface area contributed by atoms with Crippen molar-refractivity contribution in [3.63, 3.8) is 0 Å². The number of aliphatic hydroxyl groups is 1. The Balaban J connectivity index is 4.70. The van der Waals surface area contributed by atoms with Crippen LogP contribution in [0.4, 0.5) is 0 Å². The summed E-state index contributed by atoms with van der Waals surface area (Å²) in [6.07, 6.45) is -0.928. The lowest BCUT2D eigenvalue weighted by Crippen LogP contribution is -2.38. The van der Waals surface area contributed by atoms with Crippen LogP contribution in [0.25, 0.3) is 0 Å². The summed E-state index contributed by atoms with van der Waals surface area (Å²) < 4.78 is 5.23. The zero-order valence-corrected chi connectivity index (χ0v) is 12.0. The second-order valence-electron chi connectivity index (χ2n) is 5.99. The maximum Gasteiger partial charge on any atom is 0.143 e. The summed E-state index contributed by atoms with van der Waals surface area (Å²) in [6.45, 7) is 12.5. The molecule has 0 aliphatic carbocycles. The van der Waals surface area contributed by atoms with Gasteiger partial charge in [-0.3, -0.25) is 0 Å². The molecule has 3 heteroatoms. The van der Waals surface area contributed by atoms with Crippen LogP contribution in [-0.4, -0.2) is 32.5 Å². The Hall–Kier alpha value is -0.303. The molecule has 0 aromatic rings. The van der Waals surface area contributed by atoms with Gasteiger partial charge in [-0.2, -0.15) is 0 Å². The van der Waals surface area contributed by atoms with Crippen molar-refractivity contribution in [3.05, 3.63) is 0 Å². The zero-order chi connectivity index (χ0) is 12.3. The van der Waals surface area contributed by atoms with E-state index >= 15 is 0 Å². The van der Waals surface area contributed by atoms with Crippen molar-refractivity contribution in [1.82, 2.24) is 0 Å². The van der Waals surface area contributed by atoms with Gasteiger partial charge < -0.3 is 9.84 Å². The Morgan fingerprint density at radius 3 is 1.93 bits per heavy atom. The first-order valence-electron chi connectivity index (χ1n) is 5.31. The van der Waals surface area contributed by atoms with E-state index in [4.69, 9.17) is 4.74 Å². The molecule has 0 aliphatic rings. The number of rotatable bonds is 2. The molecule has 2 atom stereocenters. The number of ether oxygens (including phenoxy) is 1. The third-order valence-electron chi connectivity index (χ3n) is 2.02. The van der Waals surface area contributed by atoms with Gasteiger partial charge in [0.2, 0.25) is 0 Å². The van der Waals surface area contributed by atoms with E-state index in [1.807, 2.05) is 20.8 Å². The molecule has 0 unspecified atom stereocenters. The molecule has 0 aromatic carbocycles. The van der Waals surface area contributed by atoms with Crippen LogP contribution in [0.3, 0.4) is 0 Å². The first-order chi connectivity index (χ1) is 6.58. The van der Waals surface area contributed by atoms with Gasteiger partial charge in [-0.1, -0.05) is 46.3 Å². The van der Waals surface area contributed by atoms with E-state index in [1.165, 1.54) is 0 Å². The van der Waals surface area contributed by atoms with Gasteiger partial charge in [-0.05, 0) is 5.41 Å². The Kier molecular flexibility index (Phi) is 5.05. The molecule has 0 saturated carbocycles. The van der Waals surface area contributed by atoms with Gasteiger partial charge in [0.1, 0.15) is 14.2 Å². The fraction of sp³-hybridized carbons (Fsp3) is 0.833. The summed E-state index contributed by atoms with van der Waals surface area (Å²) in [5, 5.41) is 10.0. The van der Waals surface area contributed by atoms with E-state index in [0.29, 0.717) is 0 Å². The Morgan fingerprint density at radius 2 is 1.67 bits per heavy atom. The minimum atomic E-state index is -1.39. The topological polar surface area (TPSA) is 29.5 Å². The Morgan fingerprint density at radius 1 is 1.20 bits per heavy atom. The molecule has 15 heavy (non-hydrogen) atoms. The lowest BCUT2D eigenvalue weighted by molar-refractivity contribution is -0.0370. The molecule has 0 heterocycles. The predicted molar refractivity (Wildman–Crippen MR) is 67.4 cm³/mol. The molecule has 88 valence electrons. The molecular weight excluding hydrogens is 204 g/mol. The third-order valence-corrected chi connectivity index (χ3v) is 2.91. The van der Waals surface area contributed by atoms with Crippen molar-refractivity contribution in [2.75, 3.05) is 7.11 Å². The maximum atomic E-state index is 10.0. The molecule has 0 saturated heterocycles. The standard InChI is InChI=1S/C12H24O2Si/c1-12(2,3)11(13)10(14-4)8-9-15(5,6)7/h10-11,13H,1-7H3/t10-,11+/m1/s1. The lowest BCUT2D eigenvalue weighted by Gasteiger charge is -2.29. The van der Waals surface area contributed by atoms with Gasteiger partial charge in [-0.15, -0.1) is 5.54 Å². The first-order valence-corrected chi connectivity index (χ1v) is 8.81. The smallest absolute Gasteiger partial charge is 0.143 e. The fourth-order valence-electron chi connectivity index (χ4n) is 1.01. The quantitative estimate of drug-likeness (QED) is 0.580. The summed E-state index contributed by atoms with van der Waals surface area (Å²) in [4.78, 5) is 0. The van der Waals surface area contributed by atoms with Crippen LogP contribution in [0.5, 0.6) is 0 Å². The van der Waals surface area contributed by atoms with Crippen molar-refractivity contribution < 1.29 is 9.84 Å². The molecule has 0 fully saturated rings. The van der Waals surface area contributed by atoms with Gasteiger partial charge in [0.05, 0.1) is 6.10 Å². The van der Waals surface area contributed by atoms with E-state index in [9.17, 15) is 5.11 Å². The van der Waals surface area contributed by atoms with E-state index in [2.05, 4.69) is 31.1 Å². The zero-order valence-electron chi connectivity index (χ0n) is 11.0. The monoisotopic (exact) mass is 228 g/mol. The molecule has 0 amide bonds. The van der Waals surface area contributed by atoms with Crippen LogP contribution >= 0.6 is 0 Å². The number of hydrogen-bond acceptors (Lipinski definition) is 2. The van der Waals surface area contributed by atoms with E-state index in [-0.39, 0.29) is 11.5 Å². The van der Waals surface area contributed by atoms with Crippen molar-refractivity contribution in [3.8, 4) is 11.5 Å². The molecular formula is C12H24O2Si. The Labute approximate surface area is 95.0 Å². The summed E-state index contributed by atoms with van der Waals surface area (Å²) in [5.74, 6) is 3.06. The predicted octanol–water partition coefficient (Wildman–Crippen LogP) is 2.29. The summed E-state index contributed by atoms with van der Waals surface area (Å²) >= 11 is 0. The molecule has 1 N–H and O–H groups in total. The highest BCUT2D eigenvalue weighted by atomic mass is 28.3. The minimum absolute atomic E-state index is 0.200. The fourth-order valence-corrected chi connectivity index (χ4v) is 1.58. The second-order valence-corrected chi connectivity index (χ2v) is 10.7. The van der Waals surface area contributed by atoms with Crippen LogP contribution in [0.1, 0.15) is 20.8 Å². The van der Waals surface area contributed by atoms with Crippen molar-refractivity contribution in [2.24, 2.45) is 5.41 Å². The molecule has 2 nitrogen and oxygen atoms in total. The lowest BCUT2D eigenvalue weighted by atomic mass is 9.86. The molecule has 0 radical (unpaired) electrons. The average Bonchev–Trinajstić information content (AvgIpc) is 2.01. The van der Waals surface area contributed by atoms with Crippen LogP contribution in [0.2, 0.25) is 19.6 Å². The number of methoxy groups -OCH3 is 1. The third kappa shape index (κ3) is 5.98.